The molecule has 0 bridgehead atoms. The van der Waals surface area contributed by atoms with E-state index in [4.69, 9.17) is 4.74 Å². The van der Waals surface area contributed by atoms with Crippen molar-refractivity contribution in [2.45, 2.75) is 5.92 Å². The van der Waals surface area contributed by atoms with Crippen LogP contribution in [0, 0.1) is 0 Å². The molecular formula is C19H18N6O3. The van der Waals surface area contributed by atoms with Crippen LogP contribution in [0.2, 0.25) is 0 Å². The predicted octanol–water partition coefficient (Wildman–Crippen LogP) is 1.35. The second kappa shape index (κ2) is 7.10. The van der Waals surface area contributed by atoms with Crippen molar-refractivity contribution in [2.24, 2.45) is 7.05 Å². The maximum atomic E-state index is 12.7. The third-order valence-electron chi connectivity index (χ3n) is 4.56. The van der Waals surface area contributed by atoms with Crippen molar-refractivity contribution in [1.29, 1.82) is 0 Å². The number of rotatable bonds is 4. The number of tetrazole rings is 1. The number of aromatic nitrogens is 4. The molecular weight excluding hydrogens is 360 g/mol. The highest BCUT2D eigenvalue weighted by atomic mass is 16.5. The third-order valence-corrected chi connectivity index (χ3v) is 4.56. The van der Waals surface area contributed by atoms with Gasteiger partial charge in [0.2, 0.25) is 0 Å². The second-order valence-corrected chi connectivity index (χ2v) is 6.35. The lowest BCUT2D eigenvalue weighted by atomic mass is 9.90. The fourth-order valence-corrected chi connectivity index (χ4v) is 3.23. The van der Waals surface area contributed by atoms with E-state index in [9.17, 15) is 9.59 Å². The number of carbonyl (C=O) groups excluding carboxylic acids is 2. The number of nitrogens with zero attached hydrogens (tertiary/aromatic N) is 4. The smallest absolute Gasteiger partial charge is 0.270 e. The van der Waals surface area contributed by atoms with Crippen molar-refractivity contribution in [3.05, 3.63) is 64.7 Å². The zero-order valence-corrected chi connectivity index (χ0v) is 15.3. The number of nitrogens with one attached hydrogen (secondary N) is 2. The summed E-state index contributed by atoms with van der Waals surface area (Å²) in [4.78, 5) is 26.4. The minimum absolute atomic E-state index is 0.0676. The molecule has 0 saturated carbocycles. The molecule has 2 amide bonds. The summed E-state index contributed by atoms with van der Waals surface area (Å²) in [5, 5.41) is 16.6. The van der Waals surface area contributed by atoms with Crippen LogP contribution in [0.5, 0.6) is 5.75 Å². The molecule has 0 spiro atoms. The van der Waals surface area contributed by atoms with E-state index >= 15 is 0 Å². The van der Waals surface area contributed by atoms with Crippen molar-refractivity contribution < 1.29 is 14.3 Å². The molecule has 142 valence electrons. The minimum atomic E-state index is -0.431. The van der Waals surface area contributed by atoms with E-state index in [1.165, 1.54) is 17.9 Å². The monoisotopic (exact) mass is 378 g/mol. The van der Waals surface area contributed by atoms with Crippen LogP contribution in [0.1, 0.15) is 37.8 Å². The van der Waals surface area contributed by atoms with Crippen molar-refractivity contribution in [3.63, 3.8) is 0 Å². The van der Waals surface area contributed by atoms with E-state index in [-0.39, 0.29) is 17.8 Å². The standard InChI is InChI=1S/C19H18N6O3/c1-20-18(27)14-9-12(17(26)21-19-22-24-25(2)23-19)8-13-15(10-28-16(13)14)11-6-4-3-5-7-11/h3-9,15H,10H2,1-2H3,(H,20,27)(H,21,23,26)/t15-/m0/s1. The Morgan fingerprint density at radius 1 is 1.18 bits per heavy atom. The number of carbonyl (C=O) groups is 2. The maximum Gasteiger partial charge on any atom is 0.270 e. The molecule has 1 aromatic heterocycles. The fraction of sp³-hybridized carbons (Fsp3) is 0.211. The molecule has 2 N–H and O–H groups in total. The van der Waals surface area contributed by atoms with Gasteiger partial charge in [-0.2, -0.15) is 4.80 Å². The van der Waals surface area contributed by atoms with Crippen LogP contribution in [-0.4, -0.2) is 45.7 Å². The molecule has 2 heterocycles. The van der Waals surface area contributed by atoms with Crippen LogP contribution in [-0.2, 0) is 7.05 Å². The number of anilines is 1. The van der Waals surface area contributed by atoms with Gasteiger partial charge in [0.05, 0.1) is 19.2 Å². The highest BCUT2D eigenvalue weighted by Gasteiger charge is 2.31. The minimum Gasteiger partial charge on any atom is -0.491 e. The number of hydrogen-bond acceptors (Lipinski definition) is 6. The van der Waals surface area contributed by atoms with Gasteiger partial charge in [-0.25, -0.2) is 0 Å². The first-order chi connectivity index (χ1) is 13.6. The first kappa shape index (κ1) is 17.7. The average Bonchev–Trinajstić information content (AvgIpc) is 3.33. The third kappa shape index (κ3) is 3.18. The number of hydrogen-bond donors (Lipinski definition) is 2. The highest BCUT2D eigenvalue weighted by Crippen LogP contribution is 2.41. The van der Waals surface area contributed by atoms with Gasteiger partial charge in [-0.3, -0.25) is 14.9 Å². The van der Waals surface area contributed by atoms with Crippen molar-refractivity contribution in [1.82, 2.24) is 25.5 Å². The molecule has 0 unspecified atom stereocenters. The van der Waals surface area contributed by atoms with E-state index in [0.717, 1.165) is 11.1 Å². The lowest BCUT2D eigenvalue weighted by Gasteiger charge is -2.12. The summed E-state index contributed by atoms with van der Waals surface area (Å²) in [6.45, 7) is 0.403. The fourth-order valence-electron chi connectivity index (χ4n) is 3.23. The van der Waals surface area contributed by atoms with E-state index in [1.54, 1.807) is 13.1 Å². The molecule has 1 aliphatic heterocycles. The first-order valence-electron chi connectivity index (χ1n) is 8.70. The molecule has 4 rings (SSSR count). The lowest BCUT2D eigenvalue weighted by Crippen LogP contribution is -2.20. The Morgan fingerprint density at radius 2 is 1.96 bits per heavy atom. The van der Waals surface area contributed by atoms with E-state index < -0.39 is 5.91 Å². The van der Waals surface area contributed by atoms with Crippen LogP contribution in [0.4, 0.5) is 5.95 Å². The number of benzene rings is 2. The van der Waals surface area contributed by atoms with Gasteiger partial charge >= 0.3 is 0 Å². The van der Waals surface area contributed by atoms with Crippen LogP contribution in [0.15, 0.2) is 42.5 Å². The van der Waals surface area contributed by atoms with E-state index in [2.05, 4.69) is 26.0 Å². The first-order valence-corrected chi connectivity index (χ1v) is 8.70. The summed E-state index contributed by atoms with van der Waals surface area (Å²) >= 11 is 0. The van der Waals surface area contributed by atoms with Gasteiger partial charge in [-0.05, 0) is 22.9 Å². The lowest BCUT2D eigenvalue weighted by molar-refractivity contribution is 0.0960. The van der Waals surface area contributed by atoms with Crippen molar-refractivity contribution in [2.75, 3.05) is 19.0 Å². The van der Waals surface area contributed by atoms with Gasteiger partial charge in [0.1, 0.15) is 5.75 Å². The quantitative estimate of drug-likeness (QED) is 0.709. The molecule has 3 aromatic rings. The zero-order chi connectivity index (χ0) is 19.7. The molecule has 9 heteroatoms. The van der Waals surface area contributed by atoms with Crippen LogP contribution in [0.3, 0.4) is 0 Å². The topological polar surface area (TPSA) is 111 Å². The van der Waals surface area contributed by atoms with Crippen LogP contribution < -0.4 is 15.4 Å². The summed E-state index contributed by atoms with van der Waals surface area (Å²) in [5.41, 5.74) is 2.48. The normalized spacial score (nSPS) is 14.9. The largest absolute Gasteiger partial charge is 0.491 e. The average molecular weight is 378 g/mol. The molecule has 1 atom stereocenters. The maximum absolute atomic E-state index is 12.7. The number of amides is 2. The van der Waals surface area contributed by atoms with Gasteiger partial charge in [-0.1, -0.05) is 35.4 Å². The number of fused-ring (bicyclic) bond motifs is 1. The summed E-state index contributed by atoms with van der Waals surface area (Å²) in [5.74, 6) is -0.230. The summed E-state index contributed by atoms with van der Waals surface area (Å²) in [7, 11) is 3.14. The Labute approximate surface area is 160 Å². The summed E-state index contributed by atoms with van der Waals surface area (Å²) in [6, 6.07) is 13.1. The Balaban J connectivity index is 1.76. The molecule has 0 radical (unpaired) electrons. The number of aryl methyl sites for hydroxylation is 1. The van der Waals surface area contributed by atoms with Crippen LogP contribution >= 0.6 is 0 Å². The van der Waals surface area contributed by atoms with E-state index in [0.29, 0.717) is 23.5 Å². The molecule has 0 fully saturated rings. The SMILES string of the molecule is CNC(=O)c1cc(C(=O)Nc2nnn(C)n2)cc2c1OC[C@H]2c1ccccc1. The highest BCUT2D eigenvalue weighted by molar-refractivity contribution is 6.06. The van der Waals surface area contributed by atoms with Crippen molar-refractivity contribution >= 4 is 17.8 Å². The number of ether oxygens (including phenoxy) is 1. The van der Waals surface area contributed by atoms with Gasteiger partial charge in [0, 0.05) is 24.1 Å². The molecule has 0 saturated heterocycles. The molecule has 0 aliphatic carbocycles. The van der Waals surface area contributed by atoms with Crippen molar-refractivity contribution in [3.8, 4) is 5.75 Å². The second-order valence-electron chi connectivity index (χ2n) is 6.35. The molecule has 2 aromatic carbocycles. The molecule has 1 aliphatic rings. The Bertz CT molecular complexity index is 1050. The summed E-state index contributed by atoms with van der Waals surface area (Å²) in [6.07, 6.45) is 0. The molecule has 28 heavy (non-hydrogen) atoms. The van der Waals surface area contributed by atoms with Crippen LogP contribution in [0.25, 0.3) is 0 Å². The predicted molar refractivity (Wildman–Crippen MR) is 100 cm³/mol. The zero-order valence-electron chi connectivity index (χ0n) is 15.3. The van der Waals surface area contributed by atoms with Gasteiger partial charge < -0.3 is 10.1 Å². The Hall–Kier alpha value is -3.75. The van der Waals surface area contributed by atoms with Gasteiger partial charge in [-0.15, -0.1) is 5.10 Å². The van der Waals surface area contributed by atoms with Gasteiger partial charge in [0.15, 0.2) is 0 Å². The Morgan fingerprint density at radius 3 is 2.64 bits per heavy atom. The molecule has 9 nitrogen and oxygen atoms in total. The Kier molecular flexibility index (Phi) is 4.48. The summed E-state index contributed by atoms with van der Waals surface area (Å²) < 4.78 is 5.85. The van der Waals surface area contributed by atoms with Gasteiger partial charge in [0.25, 0.3) is 17.8 Å². The van der Waals surface area contributed by atoms with E-state index in [1.807, 2.05) is 30.3 Å².